The summed E-state index contributed by atoms with van der Waals surface area (Å²) in [5.41, 5.74) is 7.17. The molecule has 0 aromatic carbocycles. The highest BCUT2D eigenvalue weighted by atomic mass is 16.5. The van der Waals surface area contributed by atoms with Crippen LogP contribution in [0.4, 0.5) is 0 Å². The van der Waals surface area contributed by atoms with E-state index in [1.165, 1.54) is 0 Å². The van der Waals surface area contributed by atoms with E-state index >= 15 is 0 Å². The molecule has 2 rings (SSSR count). The summed E-state index contributed by atoms with van der Waals surface area (Å²) in [6.07, 6.45) is 6.76. The number of ether oxygens (including phenoxy) is 2. The van der Waals surface area contributed by atoms with Crippen molar-refractivity contribution in [1.29, 1.82) is 0 Å². The minimum absolute atomic E-state index is 0.102. The van der Waals surface area contributed by atoms with Gasteiger partial charge in [-0.2, -0.15) is 0 Å². The third-order valence-corrected chi connectivity index (χ3v) is 2.96. The first-order chi connectivity index (χ1) is 8.31. The van der Waals surface area contributed by atoms with Gasteiger partial charge in [-0.25, -0.2) is 0 Å². The monoisotopic (exact) mass is 236 g/mol. The van der Waals surface area contributed by atoms with Crippen molar-refractivity contribution in [2.24, 2.45) is 5.73 Å². The van der Waals surface area contributed by atoms with Crippen LogP contribution in [0, 0.1) is 0 Å². The maximum atomic E-state index is 6.18. The Bertz CT molecular complexity index is 351. The lowest BCUT2D eigenvalue weighted by atomic mass is 10.0. The van der Waals surface area contributed by atoms with Crippen LogP contribution in [0.25, 0.3) is 0 Å². The fourth-order valence-electron chi connectivity index (χ4n) is 2.02. The van der Waals surface area contributed by atoms with Crippen LogP contribution in [0.5, 0.6) is 5.75 Å². The van der Waals surface area contributed by atoms with E-state index in [1.54, 1.807) is 12.4 Å². The van der Waals surface area contributed by atoms with Crippen molar-refractivity contribution in [3.05, 3.63) is 24.0 Å². The molecule has 0 saturated carbocycles. The van der Waals surface area contributed by atoms with Crippen molar-refractivity contribution < 1.29 is 9.47 Å². The average Bonchev–Trinajstić information content (AvgIpc) is 2.89. The van der Waals surface area contributed by atoms with Crippen LogP contribution in [-0.4, -0.2) is 24.3 Å². The summed E-state index contributed by atoms with van der Waals surface area (Å²) >= 11 is 0. The van der Waals surface area contributed by atoms with Crippen molar-refractivity contribution in [1.82, 2.24) is 4.98 Å². The number of nitrogens with zero attached hydrogens (tertiary/aromatic N) is 1. The molecule has 4 nitrogen and oxygen atoms in total. The Morgan fingerprint density at radius 1 is 1.59 bits per heavy atom. The highest BCUT2D eigenvalue weighted by molar-refractivity contribution is 5.26. The Morgan fingerprint density at radius 3 is 3.18 bits per heavy atom. The van der Waals surface area contributed by atoms with Gasteiger partial charge in [0, 0.05) is 12.8 Å². The molecule has 4 heteroatoms. The maximum absolute atomic E-state index is 6.18. The predicted octanol–water partition coefficient (Wildman–Crippen LogP) is 2.05. The highest BCUT2D eigenvalue weighted by Gasteiger charge is 2.24. The molecular weight excluding hydrogens is 216 g/mol. The molecule has 1 aliphatic rings. The van der Waals surface area contributed by atoms with E-state index in [2.05, 4.69) is 11.9 Å². The Morgan fingerprint density at radius 2 is 2.47 bits per heavy atom. The van der Waals surface area contributed by atoms with Crippen LogP contribution in [0.2, 0.25) is 0 Å². The van der Waals surface area contributed by atoms with Gasteiger partial charge in [0.2, 0.25) is 0 Å². The lowest BCUT2D eigenvalue weighted by Crippen LogP contribution is -2.25. The largest absolute Gasteiger partial charge is 0.492 e. The standard InChI is InChI=1S/C13H20N2O2/c1-2-5-16-11-7-10(8-15-9-11)13(14)12-4-3-6-17-12/h7-9,12-13H,2-6,14H2,1H3. The van der Waals surface area contributed by atoms with Crippen LogP contribution in [0.1, 0.15) is 37.8 Å². The van der Waals surface area contributed by atoms with Gasteiger partial charge >= 0.3 is 0 Å². The van der Waals surface area contributed by atoms with Crippen molar-refractivity contribution in [3.8, 4) is 5.75 Å². The third kappa shape index (κ3) is 3.17. The minimum atomic E-state index is -0.102. The summed E-state index contributed by atoms with van der Waals surface area (Å²) in [5.74, 6) is 0.790. The van der Waals surface area contributed by atoms with Crippen LogP contribution in [0.15, 0.2) is 18.5 Å². The molecule has 0 spiro atoms. The first-order valence-corrected chi connectivity index (χ1v) is 6.26. The summed E-state index contributed by atoms with van der Waals surface area (Å²) in [4.78, 5) is 4.17. The zero-order valence-corrected chi connectivity index (χ0v) is 10.3. The smallest absolute Gasteiger partial charge is 0.137 e. The zero-order chi connectivity index (χ0) is 12.1. The molecule has 0 aliphatic carbocycles. The van der Waals surface area contributed by atoms with Crippen LogP contribution in [-0.2, 0) is 4.74 Å². The van der Waals surface area contributed by atoms with E-state index in [9.17, 15) is 0 Å². The molecule has 2 N–H and O–H groups in total. The van der Waals surface area contributed by atoms with E-state index in [4.69, 9.17) is 15.2 Å². The molecule has 94 valence electrons. The molecular formula is C13H20N2O2. The zero-order valence-electron chi connectivity index (χ0n) is 10.3. The number of pyridine rings is 1. The van der Waals surface area contributed by atoms with Crippen LogP contribution < -0.4 is 10.5 Å². The van der Waals surface area contributed by atoms with Crippen molar-refractivity contribution in [3.63, 3.8) is 0 Å². The average molecular weight is 236 g/mol. The summed E-state index contributed by atoms with van der Waals surface area (Å²) in [6.45, 7) is 3.60. The Labute approximate surface area is 102 Å². The summed E-state index contributed by atoms with van der Waals surface area (Å²) < 4.78 is 11.1. The van der Waals surface area contributed by atoms with Gasteiger partial charge in [0.15, 0.2) is 0 Å². The molecule has 1 aromatic heterocycles. The second-order valence-corrected chi connectivity index (χ2v) is 4.38. The Kier molecular flexibility index (Phi) is 4.34. The fraction of sp³-hybridized carbons (Fsp3) is 0.615. The van der Waals surface area contributed by atoms with Gasteiger partial charge in [-0.05, 0) is 30.9 Å². The van der Waals surface area contributed by atoms with Gasteiger partial charge in [-0.1, -0.05) is 6.92 Å². The Balaban J connectivity index is 2.03. The van der Waals surface area contributed by atoms with Crippen molar-refractivity contribution in [2.45, 2.75) is 38.3 Å². The van der Waals surface area contributed by atoms with E-state index in [1.807, 2.05) is 6.07 Å². The number of nitrogens with two attached hydrogens (primary N) is 1. The van der Waals surface area contributed by atoms with Gasteiger partial charge in [-0.15, -0.1) is 0 Å². The predicted molar refractivity (Wildman–Crippen MR) is 65.9 cm³/mol. The van der Waals surface area contributed by atoms with Gasteiger partial charge in [0.05, 0.1) is 24.9 Å². The van der Waals surface area contributed by atoms with Crippen LogP contribution in [0.3, 0.4) is 0 Å². The topological polar surface area (TPSA) is 57.4 Å². The second-order valence-electron chi connectivity index (χ2n) is 4.38. The molecule has 1 fully saturated rings. The molecule has 2 unspecified atom stereocenters. The molecule has 2 atom stereocenters. The lowest BCUT2D eigenvalue weighted by molar-refractivity contribution is 0.0899. The molecule has 1 saturated heterocycles. The van der Waals surface area contributed by atoms with Crippen LogP contribution >= 0.6 is 0 Å². The third-order valence-electron chi connectivity index (χ3n) is 2.96. The van der Waals surface area contributed by atoms with E-state index in [0.717, 1.165) is 37.2 Å². The molecule has 0 radical (unpaired) electrons. The van der Waals surface area contributed by atoms with E-state index in [0.29, 0.717) is 6.61 Å². The second kappa shape index (κ2) is 5.98. The van der Waals surface area contributed by atoms with Gasteiger partial charge in [0.25, 0.3) is 0 Å². The molecule has 0 bridgehead atoms. The molecule has 17 heavy (non-hydrogen) atoms. The minimum Gasteiger partial charge on any atom is -0.492 e. The van der Waals surface area contributed by atoms with Gasteiger partial charge < -0.3 is 15.2 Å². The lowest BCUT2D eigenvalue weighted by Gasteiger charge is -2.19. The summed E-state index contributed by atoms with van der Waals surface area (Å²) in [6, 6.07) is 1.87. The van der Waals surface area contributed by atoms with E-state index in [-0.39, 0.29) is 12.1 Å². The maximum Gasteiger partial charge on any atom is 0.137 e. The molecule has 1 aromatic rings. The number of hydrogen-bond acceptors (Lipinski definition) is 4. The molecule has 2 heterocycles. The normalized spacial score (nSPS) is 21.4. The first-order valence-electron chi connectivity index (χ1n) is 6.26. The fourth-order valence-corrected chi connectivity index (χ4v) is 2.02. The SMILES string of the molecule is CCCOc1cncc(C(N)C2CCCO2)c1. The number of hydrogen-bond donors (Lipinski definition) is 1. The highest BCUT2D eigenvalue weighted by Crippen LogP contribution is 2.26. The number of rotatable bonds is 5. The molecule has 0 amide bonds. The van der Waals surface area contributed by atoms with Crippen molar-refractivity contribution in [2.75, 3.05) is 13.2 Å². The van der Waals surface area contributed by atoms with E-state index < -0.39 is 0 Å². The quantitative estimate of drug-likeness (QED) is 0.850. The first kappa shape index (κ1) is 12.3. The van der Waals surface area contributed by atoms with Gasteiger partial charge in [0.1, 0.15) is 5.75 Å². The number of aromatic nitrogens is 1. The summed E-state index contributed by atoms with van der Waals surface area (Å²) in [5, 5.41) is 0. The van der Waals surface area contributed by atoms with Gasteiger partial charge in [-0.3, -0.25) is 4.98 Å². The summed E-state index contributed by atoms with van der Waals surface area (Å²) in [7, 11) is 0. The Hall–Kier alpha value is -1.13. The van der Waals surface area contributed by atoms with Crippen molar-refractivity contribution >= 4 is 0 Å². The molecule has 1 aliphatic heterocycles.